The van der Waals surface area contributed by atoms with Crippen LogP contribution in [0.4, 0.5) is 4.39 Å². The minimum atomic E-state index is -0.401. The predicted octanol–water partition coefficient (Wildman–Crippen LogP) is 3.36. The maximum Gasteiger partial charge on any atom is 0.250 e. The van der Waals surface area contributed by atoms with E-state index in [0.717, 1.165) is 17.1 Å². The van der Waals surface area contributed by atoms with Crippen molar-refractivity contribution in [1.29, 1.82) is 0 Å². The molecule has 0 unspecified atom stereocenters. The van der Waals surface area contributed by atoms with Crippen molar-refractivity contribution in [2.24, 2.45) is 5.10 Å². The number of thioether (sulfide) groups is 1. The van der Waals surface area contributed by atoms with Crippen LogP contribution in [0, 0.1) is 5.82 Å². The van der Waals surface area contributed by atoms with Gasteiger partial charge < -0.3 is 9.30 Å². The number of hydrogen-bond acceptors (Lipinski definition) is 6. The molecule has 29 heavy (non-hydrogen) atoms. The van der Waals surface area contributed by atoms with Gasteiger partial charge in [-0.25, -0.2) is 9.82 Å². The normalized spacial score (nSPS) is 11.0. The maximum absolute atomic E-state index is 13.5. The summed E-state index contributed by atoms with van der Waals surface area (Å²) in [5.74, 6) is 0.866. The van der Waals surface area contributed by atoms with Gasteiger partial charge in [0.2, 0.25) is 0 Å². The van der Waals surface area contributed by atoms with Crippen molar-refractivity contribution in [1.82, 2.24) is 20.2 Å². The molecule has 1 aromatic heterocycles. The van der Waals surface area contributed by atoms with Gasteiger partial charge in [-0.05, 0) is 37.3 Å². The van der Waals surface area contributed by atoms with Gasteiger partial charge in [0, 0.05) is 17.7 Å². The molecule has 2 aromatic carbocycles. The summed E-state index contributed by atoms with van der Waals surface area (Å²) in [6.07, 6.45) is 1.27. The van der Waals surface area contributed by atoms with Crippen molar-refractivity contribution < 1.29 is 13.9 Å². The fraction of sp³-hybridized carbons (Fsp3) is 0.200. The van der Waals surface area contributed by atoms with Gasteiger partial charge in [0.15, 0.2) is 11.0 Å². The first-order valence-corrected chi connectivity index (χ1v) is 9.87. The van der Waals surface area contributed by atoms with Crippen LogP contribution in [-0.4, -0.2) is 39.7 Å². The van der Waals surface area contributed by atoms with E-state index in [1.807, 2.05) is 35.8 Å². The summed E-state index contributed by atoms with van der Waals surface area (Å²) in [5.41, 5.74) is 3.60. The van der Waals surface area contributed by atoms with Crippen molar-refractivity contribution >= 4 is 23.9 Å². The largest absolute Gasteiger partial charge is 0.497 e. The van der Waals surface area contributed by atoms with Crippen molar-refractivity contribution in [2.75, 3.05) is 12.9 Å². The highest BCUT2D eigenvalue weighted by molar-refractivity contribution is 7.99. The summed E-state index contributed by atoms with van der Waals surface area (Å²) in [5, 5.41) is 12.9. The molecule has 1 amide bonds. The molecule has 0 atom stereocenters. The molecule has 0 aliphatic rings. The second-order valence-corrected chi connectivity index (χ2v) is 6.82. The topological polar surface area (TPSA) is 81.4 Å². The van der Waals surface area contributed by atoms with Crippen LogP contribution in [0.2, 0.25) is 0 Å². The summed E-state index contributed by atoms with van der Waals surface area (Å²) < 4.78 is 20.6. The molecular formula is C20H20FN5O2S. The summed E-state index contributed by atoms with van der Waals surface area (Å²) in [4.78, 5) is 12.0. The van der Waals surface area contributed by atoms with E-state index in [4.69, 9.17) is 4.74 Å². The van der Waals surface area contributed by atoms with Gasteiger partial charge in [-0.2, -0.15) is 5.10 Å². The number of aromatic nitrogens is 3. The van der Waals surface area contributed by atoms with Gasteiger partial charge in [0.1, 0.15) is 11.6 Å². The van der Waals surface area contributed by atoms with E-state index in [1.165, 1.54) is 24.0 Å². The smallest absolute Gasteiger partial charge is 0.250 e. The van der Waals surface area contributed by atoms with Crippen LogP contribution >= 0.6 is 11.8 Å². The number of carbonyl (C=O) groups is 1. The molecule has 0 aliphatic carbocycles. The standard InChI is InChI=1S/C20H20FN5O2S/c1-3-26-19(14-8-10-16(28-2)11-9-14)24-25-20(26)29-13-18(27)23-22-12-15-6-4-5-7-17(15)21/h4-12H,3,13H2,1-2H3,(H,23,27)/b22-12-. The summed E-state index contributed by atoms with van der Waals surface area (Å²) in [6, 6.07) is 13.7. The molecule has 9 heteroatoms. The molecule has 150 valence electrons. The lowest BCUT2D eigenvalue weighted by atomic mass is 10.2. The Morgan fingerprint density at radius 2 is 2.00 bits per heavy atom. The quantitative estimate of drug-likeness (QED) is 0.348. The number of ether oxygens (including phenoxy) is 1. The molecule has 3 aromatic rings. The predicted molar refractivity (Wildman–Crippen MR) is 111 cm³/mol. The zero-order valence-corrected chi connectivity index (χ0v) is 16.8. The van der Waals surface area contributed by atoms with Gasteiger partial charge >= 0.3 is 0 Å². The highest BCUT2D eigenvalue weighted by Gasteiger charge is 2.14. The maximum atomic E-state index is 13.5. The minimum absolute atomic E-state index is 0.107. The average molecular weight is 413 g/mol. The number of hydrogen-bond donors (Lipinski definition) is 1. The van der Waals surface area contributed by atoms with Gasteiger partial charge in [0.05, 0.1) is 19.1 Å². The van der Waals surface area contributed by atoms with Crippen LogP contribution < -0.4 is 10.2 Å². The molecule has 7 nitrogen and oxygen atoms in total. The summed E-state index contributed by atoms with van der Waals surface area (Å²) >= 11 is 1.26. The monoisotopic (exact) mass is 413 g/mol. The van der Waals surface area contributed by atoms with E-state index in [9.17, 15) is 9.18 Å². The van der Waals surface area contributed by atoms with E-state index >= 15 is 0 Å². The van der Waals surface area contributed by atoms with Crippen molar-refractivity contribution in [3.63, 3.8) is 0 Å². The first kappa shape index (κ1) is 20.5. The molecule has 0 aliphatic heterocycles. The number of nitrogens with one attached hydrogen (secondary N) is 1. The Morgan fingerprint density at radius 3 is 2.69 bits per heavy atom. The molecule has 0 fully saturated rings. The number of carbonyl (C=O) groups excluding carboxylic acids is 1. The third kappa shape index (κ3) is 5.20. The van der Waals surface area contributed by atoms with Crippen LogP contribution in [0.15, 0.2) is 58.8 Å². The van der Waals surface area contributed by atoms with Gasteiger partial charge in [0.25, 0.3) is 5.91 Å². The Hall–Kier alpha value is -3.20. The molecule has 0 bridgehead atoms. The van der Waals surface area contributed by atoms with Crippen LogP contribution in [0.25, 0.3) is 11.4 Å². The Labute approximate surface area is 172 Å². The minimum Gasteiger partial charge on any atom is -0.497 e. The van der Waals surface area contributed by atoms with Gasteiger partial charge in [-0.3, -0.25) is 4.79 Å². The number of methoxy groups -OCH3 is 1. The molecule has 3 rings (SSSR count). The number of amides is 1. The van der Waals surface area contributed by atoms with Crippen LogP contribution in [0.5, 0.6) is 5.75 Å². The molecule has 0 saturated heterocycles. The first-order chi connectivity index (χ1) is 14.1. The van der Waals surface area contributed by atoms with Gasteiger partial charge in [-0.1, -0.05) is 30.0 Å². The van der Waals surface area contributed by atoms with E-state index in [0.29, 0.717) is 17.3 Å². The lowest BCUT2D eigenvalue weighted by Crippen LogP contribution is -2.20. The van der Waals surface area contributed by atoms with E-state index < -0.39 is 5.82 Å². The molecule has 0 radical (unpaired) electrons. The molecule has 1 N–H and O–H groups in total. The van der Waals surface area contributed by atoms with E-state index in [2.05, 4.69) is 20.7 Å². The van der Waals surface area contributed by atoms with E-state index in [-0.39, 0.29) is 11.7 Å². The highest BCUT2D eigenvalue weighted by atomic mass is 32.2. The number of hydrazone groups is 1. The third-order valence-electron chi connectivity index (χ3n) is 4.01. The van der Waals surface area contributed by atoms with Crippen molar-refractivity contribution in [3.05, 3.63) is 59.9 Å². The SMILES string of the molecule is CCn1c(SCC(=O)N/N=C\c2ccccc2F)nnc1-c1ccc(OC)cc1. The molecular weight excluding hydrogens is 393 g/mol. The van der Waals surface area contributed by atoms with Crippen molar-refractivity contribution in [3.8, 4) is 17.1 Å². The number of nitrogens with zero attached hydrogens (tertiary/aromatic N) is 4. The summed E-state index contributed by atoms with van der Waals surface area (Å²) in [6.45, 7) is 2.64. The number of benzene rings is 2. The average Bonchev–Trinajstić information content (AvgIpc) is 3.16. The fourth-order valence-corrected chi connectivity index (χ4v) is 3.34. The Kier molecular flexibility index (Phi) is 6.96. The Bertz CT molecular complexity index is 1000. The summed E-state index contributed by atoms with van der Waals surface area (Å²) in [7, 11) is 1.61. The molecule has 0 saturated carbocycles. The number of halogens is 1. The van der Waals surface area contributed by atoms with Crippen LogP contribution in [0.3, 0.4) is 0 Å². The lowest BCUT2D eigenvalue weighted by Gasteiger charge is -2.07. The van der Waals surface area contributed by atoms with Gasteiger partial charge in [-0.15, -0.1) is 10.2 Å². The fourth-order valence-electron chi connectivity index (χ4n) is 2.55. The number of rotatable bonds is 8. The van der Waals surface area contributed by atoms with Crippen LogP contribution in [-0.2, 0) is 11.3 Å². The second-order valence-electron chi connectivity index (χ2n) is 5.88. The first-order valence-electron chi connectivity index (χ1n) is 8.89. The zero-order valence-electron chi connectivity index (χ0n) is 16.0. The zero-order chi connectivity index (χ0) is 20.6. The van der Waals surface area contributed by atoms with Crippen LogP contribution in [0.1, 0.15) is 12.5 Å². The van der Waals surface area contributed by atoms with Crippen molar-refractivity contribution in [2.45, 2.75) is 18.6 Å². The molecule has 0 spiro atoms. The highest BCUT2D eigenvalue weighted by Crippen LogP contribution is 2.25. The Morgan fingerprint density at radius 1 is 1.24 bits per heavy atom. The second kappa shape index (κ2) is 9.83. The third-order valence-corrected chi connectivity index (χ3v) is 4.98. The Balaban J connectivity index is 1.61. The molecule has 1 heterocycles. The lowest BCUT2D eigenvalue weighted by molar-refractivity contribution is -0.118. The van der Waals surface area contributed by atoms with E-state index in [1.54, 1.807) is 25.3 Å².